The molecule has 120 valence electrons. The van der Waals surface area contributed by atoms with E-state index in [1.807, 2.05) is 0 Å². The molecule has 2 rings (SSSR count). The van der Waals surface area contributed by atoms with Crippen molar-refractivity contribution in [3.8, 4) is 0 Å². The first-order valence-corrected chi connectivity index (χ1v) is 8.83. The smallest absolute Gasteiger partial charge is 0.183 e. The van der Waals surface area contributed by atoms with Crippen LogP contribution in [0.5, 0.6) is 0 Å². The average Bonchev–Trinajstić information content (AvgIpc) is 2.52. The van der Waals surface area contributed by atoms with E-state index in [4.69, 9.17) is 5.73 Å². The van der Waals surface area contributed by atoms with Crippen molar-refractivity contribution < 1.29 is 4.58 Å². The van der Waals surface area contributed by atoms with Crippen molar-refractivity contribution in [2.45, 2.75) is 64.8 Å². The SMILES string of the molecule is CCCC/C=C/CCCC[N+]1=C(C)C=C(N)C2=CC=CCC21. The van der Waals surface area contributed by atoms with Crippen molar-refractivity contribution in [2.24, 2.45) is 5.73 Å². The van der Waals surface area contributed by atoms with Crippen molar-refractivity contribution >= 4 is 5.71 Å². The maximum absolute atomic E-state index is 6.18. The normalized spacial score (nSPS) is 21.1. The van der Waals surface area contributed by atoms with Gasteiger partial charge >= 0.3 is 0 Å². The molecule has 0 aromatic rings. The second-order valence-electron chi connectivity index (χ2n) is 6.35. The van der Waals surface area contributed by atoms with Crippen molar-refractivity contribution in [1.82, 2.24) is 0 Å². The lowest BCUT2D eigenvalue weighted by molar-refractivity contribution is -0.557. The van der Waals surface area contributed by atoms with E-state index in [1.165, 1.54) is 49.8 Å². The van der Waals surface area contributed by atoms with Gasteiger partial charge in [0.2, 0.25) is 0 Å². The number of hydrogen-bond donors (Lipinski definition) is 1. The number of fused-ring (bicyclic) bond motifs is 1. The molecule has 0 saturated carbocycles. The van der Waals surface area contributed by atoms with E-state index < -0.39 is 0 Å². The summed E-state index contributed by atoms with van der Waals surface area (Å²) in [6.45, 7) is 5.57. The van der Waals surface area contributed by atoms with Gasteiger partial charge < -0.3 is 5.73 Å². The second kappa shape index (κ2) is 8.77. The fraction of sp³-hybridized carbons (Fsp3) is 0.550. The Morgan fingerprint density at radius 2 is 2.00 bits per heavy atom. The summed E-state index contributed by atoms with van der Waals surface area (Å²) in [4.78, 5) is 0. The topological polar surface area (TPSA) is 29.0 Å². The zero-order valence-electron chi connectivity index (χ0n) is 14.2. The molecule has 0 aromatic carbocycles. The van der Waals surface area contributed by atoms with Crippen molar-refractivity contribution in [3.05, 3.63) is 47.7 Å². The van der Waals surface area contributed by atoms with E-state index >= 15 is 0 Å². The highest BCUT2D eigenvalue weighted by Crippen LogP contribution is 2.25. The Morgan fingerprint density at radius 1 is 1.23 bits per heavy atom. The largest absolute Gasteiger partial charge is 0.398 e. The molecule has 0 bridgehead atoms. The average molecular weight is 299 g/mol. The zero-order valence-corrected chi connectivity index (χ0v) is 14.2. The Balaban J connectivity index is 1.82. The molecule has 1 atom stereocenters. The molecular weight excluding hydrogens is 268 g/mol. The van der Waals surface area contributed by atoms with Crippen molar-refractivity contribution in [2.75, 3.05) is 6.54 Å². The molecule has 0 aromatic heterocycles. The second-order valence-corrected chi connectivity index (χ2v) is 6.35. The van der Waals surface area contributed by atoms with Crippen LogP contribution in [0.3, 0.4) is 0 Å². The van der Waals surface area contributed by atoms with Gasteiger partial charge in [-0.3, -0.25) is 0 Å². The monoisotopic (exact) mass is 299 g/mol. The number of nitrogens with two attached hydrogens (primary N) is 1. The van der Waals surface area contributed by atoms with Gasteiger partial charge in [0, 0.05) is 37.1 Å². The first kappa shape index (κ1) is 16.8. The van der Waals surface area contributed by atoms with Crippen LogP contribution in [-0.2, 0) is 0 Å². The van der Waals surface area contributed by atoms with E-state index in [9.17, 15) is 0 Å². The van der Waals surface area contributed by atoms with Crippen LogP contribution >= 0.6 is 0 Å². The third kappa shape index (κ3) is 4.46. The number of allylic oxidation sites excluding steroid dienone is 5. The minimum absolute atomic E-state index is 0.454. The Labute approximate surface area is 135 Å². The van der Waals surface area contributed by atoms with Gasteiger partial charge in [-0.25, -0.2) is 4.58 Å². The molecule has 0 fully saturated rings. The van der Waals surface area contributed by atoms with Gasteiger partial charge in [-0.2, -0.15) is 0 Å². The Morgan fingerprint density at radius 3 is 2.77 bits per heavy atom. The van der Waals surface area contributed by atoms with Crippen LogP contribution in [0.25, 0.3) is 0 Å². The predicted molar refractivity (Wildman–Crippen MR) is 96.2 cm³/mol. The van der Waals surface area contributed by atoms with Crippen molar-refractivity contribution in [1.29, 1.82) is 0 Å². The zero-order chi connectivity index (χ0) is 15.8. The predicted octanol–water partition coefficient (Wildman–Crippen LogP) is 4.49. The summed E-state index contributed by atoms with van der Waals surface area (Å²) < 4.78 is 2.53. The summed E-state index contributed by atoms with van der Waals surface area (Å²) in [6.07, 6.45) is 22.0. The Hall–Kier alpha value is -1.57. The summed E-state index contributed by atoms with van der Waals surface area (Å²) in [5.74, 6) is 0. The van der Waals surface area contributed by atoms with Gasteiger partial charge in [-0.1, -0.05) is 50.1 Å². The number of nitrogens with zero attached hydrogens (tertiary/aromatic N) is 1. The third-order valence-electron chi connectivity index (χ3n) is 4.57. The molecule has 1 aliphatic heterocycles. The number of rotatable bonds is 8. The molecule has 22 heavy (non-hydrogen) atoms. The van der Waals surface area contributed by atoms with Crippen LogP contribution in [0.4, 0.5) is 0 Å². The first-order valence-electron chi connectivity index (χ1n) is 8.83. The molecule has 0 radical (unpaired) electrons. The highest BCUT2D eigenvalue weighted by atomic mass is 15.1. The molecule has 2 aliphatic rings. The molecule has 0 amide bonds. The summed E-state index contributed by atoms with van der Waals surface area (Å²) in [5.41, 5.74) is 9.74. The molecule has 2 heteroatoms. The van der Waals surface area contributed by atoms with Crippen LogP contribution in [0, 0.1) is 0 Å². The molecule has 2 N–H and O–H groups in total. The van der Waals surface area contributed by atoms with Crippen molar-refractivity contribution in [3.63, 3.8) is 0 Å². The van der Waals surface area contributed by atoms with Crippen LogP contribution < -0.4 is 5.73 Å². The summed E-state index contributed by atoms with van der Waals surface area (Å²) >= 11 is 0. The summed E-state index contributed by atoms with van der Waals surface area (Å²) in [7, 11) is 0. The van der Waals surface area contributed by atoms with Crippen LogP contribution in [0.15, 0.2) is 47.7 Å². The maximum atomic E-state index is 6.18. The van der Waals surface area contributed by atoms with Gasteiger partial charge in [0.25, 0.3) is 0 Å². The molecule has 0 spiro atoms. The van der Waals surface area contributed by atoms with E-state index in [0.29, 0.717) is 6.04 Å². The van der Waals surface area contributed by atoms with Gasteiger partial charge in [0.1, 0.15) is 6.54 Å². The van der Waals surface area contributed by atoms with E-state index in [1.54, 1.807) is 0 Å². The quantitative estimate of drug-likeness (QED) is 0.399. The fourth-order valence-corrected chi connectivity index (χ4v) is 3.27. The summed E-state index contributed by atoms with van der Waals surface area (Å²) in [5, 5.41) is 0. The van der Waals surface area contributed by atoms with Crippen LogP contribution in [-0.4, -0.2) is 22.9 Å². The molecule has 2 nitrogen and oxygen atoms in total. The standard InChI is InChI=1S/C20H30N2/c1-3-4-5-6-7-8-9-12-15-22-17(2)16-19(21)18-13-10-11-14-20(18)22/h6-7,10-11,13,16,20-21H,3-5,8-9,12,14-15H2,1-2H3/p+1/b7-6+. The van der Waals surface area contributed by atoms with Crippen LogP contribution in [0.1, 0.15) is 58.8 Å². The van der Waals surface area contributed by atoms with Gasteiger partial charge in [0.15, 0.2) is 11.8 Å². The lowest BCUT2D eigenvalue weighted by Crippen LogP contribution is -2.38. The first-order chi connectivity index (χ1) is 10.7. The fourth-order valence-electron chi connectivity index (χ4n) is 3.27. The molecule has 1 heterocycles. The third-order valence-corrected chi connectivity index (χ3v) is 4.57. The minimum atomic E-state index is 0.454. The number of unbranched alkanes of at least 4 members (excludes halogenated alkanes) is 4. The van der Waals surface area contributed by atoms with E-state index in [0.717, 1.165) is 18.7 Å². The van der Waals surface area contributed by atoms with Gasteiger partial charge in [-0.05, 0) is 19.3 Å². The lowest BCUT2D eigenvalue weighted by Gasteiger charge is -2.25. The number of hydrogen-bond acceptors (Lipinski definition) is 1. The highest BCUT2D eigenvalue weighted by molar-refractivity contribution is 5.91. The van der Waals surface area contributed by atoms with Gasteiger partial charge in [-0.15, -0.1) is 0 Å². The van der Waals surface area contributed by atoms with Gasteiger partial charge in [0.05, 0.1) is 0 Å². The maximum Gasteiger partial charge on any atom is 0.183 e. The molecular formula is C20H31N2+. The van der Waals surface area contributed by atoms with E-state index in [-0.39, 0.29) is 0 Å². The Kier molecular flexibility index (Phi) is 6.70. The van der Waals surface area contributed by atoms with E-state index in [2.05, 4.69) is 54.9 Å². The minimum Gasteiger partial charge on any atom is -0.398 e. The molecule has 0 saturated heterocycles. The summed E-state index contributed by atoms with van der Waals surface area (Å²) in [6, 6.07) is 0.454. The lowest BCUT2D eigenvalue weighted by atomic mass is 9.92. The highest BCUT2D eigenvalue weighted by Gasteiger charge is 2.31. The Bertz CT molecular complexity index is 518. The van der Waals surface area contributed by atoms with Crippen LogP contribution in [0.2, 0.25) is 0 Å². The molecule has 1 unspecified atom stereocenters. The molecule has 1 aliphatic carbocycles.